The first-order valence-corrected chi connectivity index (χ1v) is 8.19. The van der Waals surface area contributed by atoms with E-state index in [0.717, 1.165) is 17.6 Å². The lowest BCUT2D eigenvalue weighted by Gasteiger charge is -2.34. The van der Waals surface area contributed by atoms with Crippen molar-refractivity contribution in [3.63, 3.8) is 0 Å². The van der Waals surface area contributed by atoms with Gasteiger partial charge in [-0.05, 0) is 25.1 Å². The number of ether oxygens (including phenoxy) is 1. The zero-order valence-corrected chi connectivity index (χ0v) is 15.7. The van der Waals surface area contributed by atoms with Crippen LogP contribution in [0.5, 0.6) is 5.75 Å². The van der Waals surface area contributed by atoms with Gasteiger partial charge in [-0.15, -0.1) is 12.4 Å². The quantitative estimate of drug-likeness (QED) is 0.765. The van der Waals surface area contributed by atoms with Gasteiger partial charge < -0.3 is 15.0 Å². The molecule has 1 fully saturated rings. The minimum atomic E-state index is -0.0747. The molecule has 1 aromatic rings. The van der Waals surface area contributed by atoms with Gasteiger partial charge in [0.05, 0.1) is 12.7 Å². The highest BCUT2D eigenvalue weighted by Crippen LogP contribution is 2.24. The average Bonchev–Trinajstić information content (AvgIpc) is 2.52. The fraction of sp³-hybridized carbons (Fsp3) is 0.500. The second-order valence-electron chi connectivity index (χ2n) is 5.41. The van der Waals surface area contributed by atoms with Crippen molar-refractivity contribution in [1.29, 1.82) is 0 Å². The number of halogens is 2. The van der Waals surface area contributed by atoms with Crippen LogP contribution in [0, 0.1) is 0 Å². The maximum absolute atomic E-state index is 12.4. The summed E-state index contributed by atoms with van der Waals surface area (Å²) in [5, 5.41) is 3.25. The Kier molecular flexibility index (Phi) is 8.02. The van der Waals surface area contributed by atoms with Crippen LogP contribution in [0.2, 0.25) is 0 Å². The van der Waals surface area contributed by atoms with Crippen molar-refractivity contribution in [1.82, 2.24) is 10.2 Å². The van der Waals surface area contributed by atoms with Gasteiger partial charge in [-0.2, -0.15) is 0 Å². The molecule has 128 valence electrons. The predicted molar refractivity (Wildman–Crippen MR) is 95.6 cm³/mol. The van der Waals surface area contributed by atoms with Gasteiger partial charge >= 0.3 is 0 Å². The first-order valence-electron chi connectivity index (χ1n) is 7.40. The van der Waals surface area contributed by atoms with E-state index >= 15 is 0 Å². The molecule has 0 aliphatic carbocycles. The molecule has 1 saturated heterocycles. The van der Waals surface area contributed by atoms with Gasteiger partial charge in [0.2, 0.25) is 5.91 Å². The summed E-state index contributed by atoms with van der Waals surface area (Å²) >= 11 is 3.35. The van der Waals surface area contributed by atoms with E-state index in [-0.39, 0.29) is 43.0 Å². The molecule has 1 aliphatic heterocycles. The van der Waals surface area contributed by atoms with E-state index in [0.29, 0.717) is 17.9 Å². The Morgan fingerprint density at radius 1 is 1.39 bits per heavy atom. The number of carbonyl (C=O) groups is 2. The fourth-order valence-electron chi connectivity index (χ4n) is 2.61. The Bertz CT molecular complexity index is 568. The third-order valence-corrected chi connectivity index (χ3v) is 4.34. The van der Waals surface area contributed by atoms with Gasteiger partial charge in [0.1, 0.15) is 5.75 Å². The fourth-order valence-corrected chi connectivity index (χ4v) is 2.97. The Balaban J connectivity index is 0.00000264. The number of ketones is 1. The molecule has 1 aliphatic rings. The van der Waals surface area contributed by atoms with Crippen LogP contribution in [0.1, 0.15) is 30.1 Å². The molecule has 0 bridgehead atoms. The largest absolute Gasteiger partial charge is 0.496 e. The molecule has 0 saturated carbocycles. The second kappa shape index (κ2) is 9.25. The van der Waals surface area contributed by atoms with Crippen LogP contribution in [-0.4, -0.2) is 49.4 Å². The summed E-state index contributed by atoms with van der Waals surface area (Å²) in [6, 6.07) is 5.48. The number of rotatable bonds is 5. The lowest BCUT2D eigenvalue weighted by molar-refractivity contribution is -0.133. The SMILES string of the molecule is COc1ccc(Br)cc1C(=O)CCC(=O)N1CCNCC1C.Cl. The third-order valence-electron chi connectivity index (χ3n) is 3.85. The Labute approximate surface area is 151 Å². The van der Waals surface area contributed by atoms with Crippen molar-refractivity contribution < 1.29 is 14.3 Å². The van der Waals surface area contributed by atoms with Crippen LogP contribution in [0.3, 0.4) is 0 Å². The summed E-state index contributed by atoms with van der Waals surface area (Å²) in [4.78, 5) is 26.5. The maximum Gasteiger partial charge on any atom is 0.223 e. The zero-order chi connectivity index (χ0) is 16.1. The molecule has 2 rings (SSSR count). The van der Waals surface area contributed by atoms with E-state index in [1.54, 1.807) is 12.1 Å². The summed E-state index contributed by atoms with van der Waals surface area (Å²) < 4.78 is 6.03. The van der Waals surface area contributed by atoms with Crippen LogP contribution in [0.4, 0.5) is 0 Å². The number of hydrogen-bond donors (Lipinski definition) is 1. The van der Waals surface area contributed by atoms with Crippen LogP contribution in [-0.2, 0) is 4.79 Å². The second-order valence-corrected chi connectivity index (χ2v) is 6.32. The molecule has 1 unspecified atom stereocenters. The van der Waals surface area contributed by atoms with E-state index < -0.39 is 0 Å². The highest BCUT2D eigenvalue weighted by molar-refractivity contribution is 9.10. The minimum Gasteiger partial charge on any atom is -0.496 e. The molecule has 1 heterocycles. The molecule has 1 amide bonds. The number of methoxy groups -OCH3 is 1. The first-order chi connectivity index (χ1) is 10.5. The van der Waals surface area contributed by atoms with Crippen molar-refractivity contribution in [3.05, 3.63) is 28.2 Å². The highest BCUT2D eigenvalue weighted by atomic mass is 79.9. The highest BCUT2D eigenvalue weighted by Gasteiger charge is 2.23. The van der Waals surface area contributed by atoms with Gasteiger partial charge in [0.25, 0.3) is 0 Å². The summed E-state index contributed by atoms with van der Waals surface area (Å²) in [6.45, 7) is 4.33. The van der Waals surface area contributed by atoms with Crippen LogP contribution < -0.4 is 10.1 Å². The summed E-state index contributed by atoms with van der Waals surface area (Å²) in [7, 11) is 1.54. The molecule has 1 atom stereocenters. The summed E-state index contributed by atoms with van der Waals surface area (Å²) in [5.41, 5.74) is 0.512. The van der Waals surface area contributed by atoms with E-state index in [4.69, 9.17) is 4.74 Å². The van der Waals surface area contributed by atoms with Crippen molar-refractivity contribution in [2.75, 3.05) is 26.7 Å². The topological polar surface area (TPSA) is 58.6 Å². The normalized spacial score (nSPS) is 17.3. The average molecular weight is 406 g/mol. The maximum atomic E-state index is 12.4. The lowest BCUT2D eigenvalue weighted by atomic mass is 10.0. The predicted octanol–water partition coefficient (Wildman–Crippen LogP) is 2.66. The van der Waals surface area contributed by atoms with Crippen molar-refractivity contribution in [2.24, 2.45) is 0 Å². The third kappa shape index (κ3) is 5.19. The molecule has 1 aromatic carbocycles. The zero-order valence-electron chi connectivity index (χ0n) is 13.3. The van der Waals surface area contributed by atoms with Crippen molar-refractivity contribution >= 4 is 40.0 Å². The molecule has 23 heavy (non-hydrogen) atoms. The summed E-state index contributed by atoms with van der Waals surface area (Å²) in [5.74, 6) is 0.502. The number of amides is 1. The molecular formula is C16H22BrClN2O3. The first kappa shape index (κ1) is 19.9. The summed E-state index contributed by atoms with van der Waals surface area (Å²) in [6.07, 6.45) is 0.432. The van der Waals surface area contributed by atoms with Gasteiger partial charge in [-0.1, -0.05) is 15.9 Å². The van der Waals surface area contributed by atoms with Gasteiger partial charge in [0, 0.05) is 43.0 Å². The number of hydrogen-bond acceptors (Lipinski definition) is 4. The van der Waals surface area contributed by atoms with E-state index in [2.05, 4.69) is 21.2 Å². The molecule has 5 nitrogen and oxygen atoms in total. The number of piperazine rings is 1. The monoisotopic (exact) mass is 404 g/mol. The molecule has 0 radical (unpaired) electrons. The Hall–Kier alpha value is -1.11. The number of nitrogens with zero attached hydrogens (tertiary/aromatic N) is 1. The van der Waals surface area contributed by atoms with Crippen LogP contribution >= 0.6 is 28.3 Å². The number of nitrogens with one attached hydrogen (secondary N) is 1. The molecular weight excluding hydrogens is 384 g/mol. The molecule has 1 N–H and O–H groups in total. The number of benzene rings is 1. The molecule has 7 heteroatoms. The standard InChI is InChI=1S/C16H21BrN2O3.ClH/c1-11-10-18-7-8-19(11)16(21)6-4-14(20)13-9-12(17)3-5-15(13)22-2;/h3,5,9,11,18H,4,6-8,10H2,1-2H3;1H. The minimum absolute atomic E-state index is 0. The van der Waals surface area contributed by atoms with Gasteiger partial charge in [-0.25, -0.2) is 0 Å². The molecule has 0 spiro atoms. The van der Waals surface area contributed by atoms with E-state index in [1.165, 1.54) is 7.11 Å². The van der Waals surface area contributed by atoms with Crippen LogP contribution in [0.25, 0.3) is 0 Å². The van der Waals surface area contributed by atoms with Gasteiger partial charge in [-0.3, -0.25) is 9.59 Å². The Morgan fingerprint density at radius 3 is 2.78 bits per heavy atom. The number of carbonyl (C=O) groups excluding carboxylic acids is 2. The Morgan fingerprint density at radius 2 is 2.13 bits per heavy atom. The van der Waals surface area contributed by atoms with Gasteiger partial charge in [0.15, 0.2) is 5.78 Å². The van der Waals surface area contributed by atoms with Crippen molar-refractivity contribution in [3.8, 4) is 5.75 Å². The lowest BCUT2D eigenvalue weighted by Crippen LogP contribution is -2.52. The van der Waals surface area contributed by atoms with E-state index in [9.17, 15) is 9.59 Å². The smallest absolute Gasteiger partial charge is 0.223 e. The van der Waals surface area contributed by atoms with E-state index in [1.807, 2.05) is 17.9 Å². The molecule has 0 aromatic heterocycles. The van der Waals surface area contributed by atoms with Crippen molar-refractivity contribution in [2.45, 2.75) is 25.8 Å². The number of Topliss-reactive ketones (excluding diaryl/α,β-unsaturated/α-hetero) is 1. The van der Waals surface area contributed by atoms with Crippen LogP contribution in [0.15, 0.2) is 22.7 Å².